The Morgan fingerprint density at radius 2 is 1.80 bits per heavy atom. The van der Waals surface area contributed by atoms with E-state index < -0.39 is 0 Å². The molecular weight excluding hydrogens is 644 g/mol. The molecular formula is C38H37BrN2O3S. The highest BCUT2D eigenvalue weighted by atomic mass is 79.9. The van der Waals surface area contributed by atoms with Gasteiger partial charge in [0.2, 0.25) is 0 Å². The van der Waals surface area contributed by atoms with Crippen LogP contribution in [0.2, 0.25) is 0 Å². The quantitative estimate of drug-likeness (QED) is 0.166. The molecule has 0 saturated carbocycles. The Bertz CT molecular complexity index is 1870. The fourth-order valence-electron chi connectivity index (χ4n) is 6.01. The summed E-state index contributed by atoms with van der Waals surface area (Å²) in [6.07, 6.45) is 4.71. The van der Waals surface area contributed by atoms with Crippen LogP contribution in [-0.4, -0.2) is 19.2 Å². The number of thiophene rings is 1. The molecule has 0 aliphatic heterocycles. The van der Waals surface area contributed by atoms with E-state index in [1.165, 1.54) is 15.6 Å². The van der Waals surface area contributed by atoms with Gasteiger partial charge in [-0.3, -0.25) is 4.79 Å². The minimum atomic E-state index is -0.115. The van der Waals surface area contributed by atoms with E-state index in [0.29, 0.717) is 29.6 Å². The lowest BCUT2D eigenvalue weighted by atomic mass is 9.72. The summed E-state index contributed by atoms with van der Waals surface area (Å²) in [7, 11) is 1.64. The van der Waals surface area contributed by atoms with Crippen molar-refractivity contribution in [3.05, 3.63) is 117 Å². The molecule has 1 aliphatic carbocycles. The summed E-state index contributed by atoms with van der Waals surface area (Å²) in [6, 6.07) is 28.0. The molecule has 4 aromatic carbocycles. The van der Waals surface area contributed by atoms with Gasteiger partial charge in [0.05, 0.1) is 17.1 Å². The van der Waals surface area contributed by atoms with Gasteiger partial charge in [-0.15, -0.1) is 11.3 Å². The topological polar surface area (TPSA) is 59.9 Å². The Balaban J connectivity index is 1.29. The molecule has 6 rings (SSSR count). The van der Waals surface area contributed by atoms with Crippen LogP contribution in [-0.2, 0) is 19.4 Å². The summed E-state index contributed by atoms with van der Waals surface area (Å²) < 4.78 is 12.8. The Kier molecular flexibility index (Phi) is 9.11. The van der Waals surface area contributed by atoms with Gasteiger partial charge >= 0.3 is 0 Å². The summed E-state index contributed by atoms with van der Waals surface area (Å²) in [4.78, 5) is 19.9. The second-order valence-corrected chi connectivity index (χ2v) is 14.5. The average molecular weight is 682 g/mol. The molecule has 230 valence electrons. The van der Waals surface area contributed by atoms with Crippen molar-refractivity contribution in [2.24, 2.45) is 16.3 Å². The van der Waals surface area contributed by atoms with Crippen LogP contribution in [0.25, 0.3) is 10.8 Å². The number of fused-ring (bicyclic) bond motifs is 2. The molecule has 1 atom stereocenters. The zero-order valence-electron chi connectivity index (χ0n) is 26.0. The van der Waals surface area contributed by atoms with Crippen molar-refractivity contribution in [1.82, 2.24) is 0 Å². The number of amides is 1. The summed E-state index contributed by atoms with van der Waals surface area (Å²) in [5.41, 5.74) is 4.74. The lowest BCUT2D eigenvalue weighted by Gasteiger charge is -2.33. The molecule has 5 nitrogen and oxygen atoms in total. The number of hydrogen-bond donors (Lipinski definition) is 1. The first-order valence-electron chi connectivity index (χ1n) is 15.2. The van der Waals surface area contributed by atoms with Gasteiger partial charge in [0.25, 0.3) is 5.91 Å². The van der Waals surface area contributed by atoms with Gasteiger partial charge < -0.3 is 14.8 Å². The molecule has 45 heavy (non-hydrogen) atoms. The van der Waals surface area contributed by atoms with E-state index in [0.717, 1.165) is 51.1 Å². The van der Waals surface area contributed by atoms with Crippen molar-refractivity contribution in [2.45, 2.75) is 46.6 Å². The zero-order valence-corrected chi connectivity index (χ0v) is 28.4. The minimum Gasteiger partial charge on any atom is -0.493 e. The van der Waals surface area contributed by atoms with E-state index in [-0.39, 0.29) is 11.3 Å². The van der Waals surface area contributed by atoms with Crippen molar-refractivity contribution in [1.29, 1.82) is 0 Å². The van der Waals surface area contributed by atoms with E-state index in [1.54, 1.807) is 24.7 Å². The number of aliphatic imine (C=N–C) groups is 1. The zero-order chi connectivity index (χ0) is 31.6. The molecule has 1 N–H and O–H groups in total. The molecule has 1 aliphatic rings. The van der Waals surface area contributed by atoms with Crippen LogP contribution in [0.3, 0.4) is 0 Å². The molecule has 0 fully saturated rings. The highest BCUT2D eigenvalue weighted by Crippen LogP contribution is 2.45. The smallest absolute Gasteiger partial charge is 0.259 e. The lowest BCUT2D eigenvalue weighted by Crippen LogP contribution is -2.27. The number of ether oxygens (including phenoxy) is 2. The van der Waals surface area contributed by atoms with Crippen LogP contribution in [0.15, 0.2) is 94.4 Å². The lowest BCUT2D eigenvalue weighted by molar-refractivity contribution is 0.102. The Labute approximate surface area is 277 Å². The molecule has 0 spiro atoms. The Morgan fingerprint density at radius 3 is 2.58 bits per heavy atom. The predicted octanol–water partition coefficient (Wildman–Crippen LogP) is 10.4. The SMILES string of the molecule is COc1cc(C=Nc2sc3c(c2C(=O)Nc2ccccc2)CC[C@H](C(C)(C)C)C3)cc(Br)c1OCc1cccc2ccccc12. The first-order valence-corrected chi connectivity index (χ1v) is 16.8. The van der Waals surface area contributed by atoms with Gasteiger partial charge in [0, 0.05) is 16.8 Å². The maximum atomic E-state index is 13.7. The van der Waals surface area contributed by atoms with Gasteiger partial charge in [-0.05, 0) is 98.3 Å². The minimum absolute atomic E-state index is 0.115. The van der Waals surface area contributed by atoms with Gasteiger partial charge in [0.1, 0.15) is 11.6 Å². The van der Waals surface area contributed by atoms with Crippen molar-refractivity contribution >= 4 is 60.8 Å². The summed E-state index contributed by atoms with van der Waals surface area (Å²) in [6.45, 7) is 7.32. The number of benzene rings is 4. The van der Waals surface area contributed by atoms with E-state index in [2.05, 4.69) is 66.3 Å². The maximum Gasteiger partial charge on any atom is 0.259 e. The third-order valence-corrected chi connectivity index (χ3v) is 10.3. The largest absolute Gasteiger partial charge is 0.493 e. The second-order valence-electron chi connectivity index (χ2n) is 12.5. The molecule has 0 radical (unpaired) electrons. The molecule has 1 aromatic heterocycles. The summed E-state index contributed by atoms with van der Waals surface area (Å²) in [5.74, 6) is 1.68. The molecule has 5 aromatic rings. The number of hydrogen-bond acceptors (Lipinski definition) is 5. The molecule has 1 amide bonds. The number of para-hydroxylation sites is 1. The molecule has 0 bridgehead atoms. The molecule has 1 heterocycles. The average Bonchev–Trinajstić information content (AvgIpc) is 3.41. The molecule has 0 unspecified atom stereocenters. The molecule has 7 heteroatoms. The second kappa shape index (κ2) is 13.2. The summed E-state index contributed by atoms with van der Waals surface area (Å²) >= 11 is 5.34. The number of rotatable bonds is 8. The van der Waals surface area contributed by atoms with Crippen molar-refractivity contribution < 1.29 is 14.3 Å². The standard InChI is InChI=1S/C38H37BrN2O3S/c1-38(2,3)27-17-18-30-33(21-27)45-37(34(30)36(42)41-28-14-6-5-7-15-28)40-22-24-19-31(39)35(32(20-24)43-4)44-23-26-13-10-12-25-11-8-9-16-29(25)26/h5-16,19-20,22,27H,17-18,21,23H2,1-4H3,(H,41,42)/t27-/m0/s1. The van der Waals surface area contributed by atoms with Crippen molar-refractivity contribution in [3.63, 3.8) is 0 Å². The van der Waals surface area contributed by atoms with Crippen LogP contribution >= 0.6 is 27.3 Å². The van der Waals surface area contributed by atoms with Gasteiger partial charge in [-0.2, -0.15) is 0 Å². The highest BCUT2D eigenvalue weighted by Gasteiger charge is 2.33. The van der Waals surface area contributed by atoms with Crippen LogP contribution in [0.1, 0.15) is 59.1 Å². The fourth-order valence-corrected chi connectivity index (χ4v) is 7.85. The third kappa shape index (κ3) is 6.85. The van der Waals surface area contributed by atoms with E-state index in [4.69, 9.17) is 14.5 Å². The van der Waals surface area contributed by atoms with Crippen molar-refractivity contribution in [2.75, 3.05) is 12.4 Å². The number of nitrogens with one attached hydrogen (secondary N) is 1. The maximum absolute atomic E-state index is 13.7. The van der Waals surface area contributed by atoms with Crippen molar-refractivity contribution in [3.8, 4) is 11.5 Å². The van der Waals surface area contributed by atoms with Gasteiger partial charge in [-0.25, -0.2) is 4.99 Å². The van der Waals surface area contributed by atoms with Gasteiger partial charge in [0.15, 0.2) is 11.5 Å². The monoisotopic (exact) mass is 680 g/mol. The number of methoxy groups -OCH3 is 1. The van der Waals surface area contributed by atoms with Crippen LogP contribution < -0.4 is 14.8 Å². The molecule has 0 saturated heterocycles. The summed E-state index contributed by atoms with van der Waals surface area (Å²) in [5, 5.41) is 6.17. The number of carbonyl (C=O) groups is 1. The number of halogens is 1. The van der Waals surface area contributed by atoms with Gasteiger partial charge in [-0.1, -0.05) is 81.4 Å². The Hall–Kier alpha value is -3.94. The highest BCUT2D eigenvalue weighted by molar-refractivity contribution is 9.10. The first kappa shape index (κ1) is 31.1. The third-order valence-electron chi connectivity index (χ3n) is 8.56. The van der Waals surface area contributed by atoms with Crippen LogP contribution in [0.4, 0.5) is 10.7 Å². The Morgan fingerprint density at radius 1 is 1.04 bits per heavy atom. The van der Waals surface area contributed by atoms with E-state index in [9.17, 15) is 4.79 Å². The van der Waals surface area contributed by atoms with E-state index >= 15 is 0 Å². The van der Waals surface area contributed by atoms with Crippen LogP contribution in [0, 0.1) is 11.3 Å². The number of nitrogens with zero attached hydrogens (tertiary/aromatic N) is 1. The first-order chi connectivity index (χ1) is 21.7. The fraction of sp³-hybridized carbons (Fsp3) is 0.263. The predicted molar refractivity (Wildman–Crippen MR) is 190 cm³/mol. The number of carbonyl (C=O) groups excluding carboxylic acids is 1. The van der Waals surface area contributed by atoms with Crippen LogP contribution in [0.5, 0.6) is 11.5 Å². The van der Waals surface area contributed by atoms with E-state index in [1.807, 2.05) is 60.7 Å². The number of anilines is 1. The normalized spacial score (nSPS) is 14.8.